The molecule has 15 heavy (non-hydrogen) atoms. The van der Waals surface area contributed by atoms with Gasteiger partial charge in [-0.2, -0.15) is 0 Å². The highest BCUT2D eigenvalue weighted by Gasteiger charge is 2.21. The summed E-state index contributed by atoms with van der Waals surface area (Å²) in [5.74, 6) is -0.0433. The second kappa shape index (κ2) is 4.56. The number of nitro groups is 1. The molecule has 1 aromatic carbocycles. The van der Waals surface area contributed by atoms with Crippen LogP contribution in [-0.4, -0.2) is 17.8 Å². The average molecular weight is 321 g/mol. The second-order valence-corrected chi connectivity index (χ2v) is 3.98. The van der Waals surface area contributed by atoms with Gasteiger partial charge in [-0.1, -0.05) is 0 Å². The molecule has 0 saturated carbocycles. The summed E-state index contributed by atoms with van der Waals surface area (Å²) in [5.41, 5.74) is 0.296. The molecule has 6 heteroatoms. The van der Waals surface area contributed by atoms with Crippen molar-refractivity contribution in [2.24, 2.45) is 0 Å². The van der Waals surface area contributed by atoms with Crippen LogP contribution in [0.4, 0.5) is 5.69 Å². The summed E-state index contributed by atoms with van der Waals surface area (Å²) < 4.78 is 5.27. The minimum atomic E-state index is -0.523. The summed E-state index contributed by atoms with van der Waals surface area (Å²) in [6.07, 6.45) is 0. The van der Waals surface area contributed by atoms with E-state index in [2.05, 4.69) is 0 Å². The van der Waals surface area contributed by atoms with E-state index in [0.29, 0.717) is 9.13 Å². The van der Waals surface area contributed by atoms with E-state index in [1.807, 2.05) is 22.6 Å². The minimum Gasteiger partial charge on any atom is -0.490 e. The Bertz CT molecular complexity index is 430. The van der Waals surface area contributed by atoms with Gasteiger partial charge in [-0.15, -0.1) is 0 Å². The fourth-order valence-electron chi connectivity index (χ4n) is 1.11. The maximum atomic E-state index is 11.1. The zero-order chi connectivity index (χ0) is 11.6. The van der Waals surface area contributed by atoms with Gasteiger partial charge in [0.05, 0.1) is 15.6 Å². The summed E-state index contributed by atoms with van der Waals surface area (Å²) in [7, 11) is 1.34. The largest absolute Gasteiger partial charge is 0.490 e. The zero-order valence-corrected chi connectivity index (χ0v) is 10.3. The van der Waals surface area contributed by atoms with Gasteiger partial charge in [0.15, 0.2) is 11.5 Å². The summed E-state index contributed by atoms with van der Waals surface area (Å²) >= 11 is 1.81. The van der Waals surface area contributed by atoms with Crippen LogP contribution >= 0.6 is 22.6 Å². The number of hydrogen-bond donors (Lipinski definition) is 0. The second-order valence-electron chi connectivity index (χ2n) is 2.82. The number of rotatable bonds is 3. The molecular weight excluding hydrogens is 313 g/mol. The van der Waals surface area contributed by atoms with Gasteiger partial charge in [0.25, 0.3) is 0 Å². The highest BCUT2D eigenvalue weighted by atomic mass is 127. The van der Waals surface area contributed by atoms with Gasteiger partial charge < -0.3 is 4.74 Å². The van der Waals surface area contributed by atoms with Crippen molar-refractivity contribution >= 4 is 34.1 Å². The third kappa shape index (κ3) is 2.44. The van der Waals surface area contributed by atoms with Gasteiger partial charge in [0, 0.05) is 5.56 Å². The number of carbonyl (C=O) groups excluding carboxylic acids is 1. The molecule has 0 saturated heterocycles. The van der Waals surface area contributed by atoms with Crippen molar-refractivity contribution in [3.8, 4) is 5.75 Å². The van der Waals surface area contributed by atoms with Crippen molar-refractivity contribution in [1.29, 1.82) is 0 Å². The first-order valence-electron chi connectivity index (χ1n) is 4.00. The molecule has 0 heterocycles. The molecule has 0 bridgehead atoms. The molecule has 0 unspecified atom stereocenters. The van der Waals surface area contributed by atoms with Crippen LogP contribution in [0.1, 0.15) is 17.3 Å². The standard InChI is InChI=1S/C9H8INO4/c1-5(12)6-3-7(10)9(11(13)14)8(4-6)15-2/h3-4H,1-2H3. The van der Waals surface area contributed by atoms with Crippen LogP contribution in [0.15, 0.2) is 12.1 Å². The number of nitrogens with zero attached hydrogens (tertiary/aromatic N) is 1. The van der Waals surface area contributed by atoms with Crippen molar-refractivity contribution in [2.45, 2.75) is 6.92 Å². The Kier molecular flexibility index (Phi) is 3.61. The molecule has 5 nitrogen and oxygen atoms in total. The molecule has 0 aliphatic carbocycles. The number of ether oxygens (including phenoxy) is 1. The van der Waals surface area contributed by atoms with Crippen LogP contribution in [0, 0.1) is 13.7 Å². The number of carbonyl (C=O) groups is 1. The fraction of sp³-hybridized carbons (Fsp3) is 0.222. The van der Waals surface area contributed by atoms with E-state index < -0.39 is 4.92 Å². The first-order chi connectivity index (χ1) is 6.97. The Labute approximate surface area is 99.7 Å². The maximum Gasteiger partial charge on any atom is 0.324 e. The van der Waals surface area contributed by atoms with Crippen molar-refractivity contribution in [3.63, 3.8) is 0 Å². The van der Waals surface area contributed by atoms with E-state index in [9.17, 15) is 14.9 Å². The topological polar surface area (TPSA) is 69.4 Å². The van der Waals surface area contributed by atoms with Crippen LogP contribution in [0.3, 0.4) is 0 Å². The molecule has 0 aliphatic rings. The van der Waals surface area contributed by atoms with E-state index in [0.717, 1.165) is 0 Å². The minimum absolute atomic E-state index is 0.108. The van der Waals surface area contributed by atoms with Gasteiger partial charge in [-0.25, -0.2) is 0 Å². The maximum absolute atomic E-state index is 11.1. The van der Waals surface area contributed by atoms with Crippen LogP contribution in [0.2, 0.25) is 0 Å². The number of nitro benzene ring substituents is 1. The normalized spacial score (nSPS) is 9.80. The third-order valence-corrected chi connectivity index (χ3v) is 2.66. The Morgan fingerprint density at radius 2 is 2.13 bits per heavy atom. The SMILES string of the molecule is COc1cc(C(C)=O)cc(I)c1[N+](=O)[O-]. The highest BCUT2D eigenvalue weighted by Crippen LogP contribution is 2.33. The Hall–Kier alpha value is -1.18. The van der Waals surface area contributed by atoms with Gasteiger partial charge in [-0.3, -0.25) is 14.9 Å². The number of methoxy groups -OCH3 is 1. The van der Waals surface area contributed by atoms with Crippen LogP contribution in [0.25, 0.3) is 0 Å². The summed E-state index contributed by atoms with van der Waals surface area (Å²) in [4.78, 5) is 21.3. The molecule has 0 aliphatic heterocycles. The highest BCUT2D eigenvalue weighted by molar-refractivity contribution is 14.1. The van der Waals surface area contributed by atoms with Gasteiger partial charge >= 0.3 is 5.69 Å². The number of hydrogen-bond acceptors (Lipinski definition) is 4. The zero-order valence-electron chi connectivity index (χ0n) is 8.11. The van der Waals surface area contributed by atoms with Crippen molar-refractivity contribution in [2.75, 3.05) is 7.11 Å². The van der Waals surface area contributed by atoms with Gasteiger partial charge in [0.1, 0.15) is 0 Å². The van der Waals surface area contributed by atoms with Gasteiger partial charge in [0.2, 0.25) is 0 Å². The first-order valence-corrected chi connectivity index (χ1v) is 5.08. The van der Waals surface area contributed by atoms with E-state index in [1.165, 1.54) is 26.2 Å². The first kappa shape index (κ1) is 11.9. The van der Waals surface area contributed by atoms with Crippen molar-refractivity contribution in [1.82, 2.24) is 0 Å². The Balaban J connectivity index is 3.43. The quantitative estimate of drug-likeness (QED) is 0.371. The number of halogens is 1. The van der Waals surface area contributed by atoms with E-state index >= 15 is 0 Å². The molecule has 0 fully saturated rings. The molecule has 80 valence electrons. The van der Waals surface area contributed by atoms with Crippen LogP contribution < -0.4 is 4.74 Å². The van der Waals surface area contributed by atoms with Crippen LogP contribution in [-0.2, 0) is 0 Å². The lowest BCUT2D eigenvalue weighted by Crippen LogP contribution is -2.00. The molecule has 0 aromatic heterocycles. The smallest absolute Gasteiger partial charge is 0.324 e. The third-order valence-electron chi connectivity index (χ3n) is 1.84. The average Bonchev–Trinajstić information content (AvgIpc) is 2.15. The summed E-state index contributed by atoms with van der Waals surface area (Å²) in [5, 5.41) is 10.7. The summed E-state index contributed by atoms with van der Waals surface area (Å²) in [6.45, 7) is 1.40. The van der Waals surface area contributed by atoms with Crippen molar-refractivity contribution in [3.05, 3.63) is 31.4 Å². The predicted octanol–water partition coefficient (Wildman–Crippen LogP) is 2.41. The molecule has 0 radical (unpaired) electrons. The lowest BCUT2D eigenvalue weighted by atomic mass is 10.1. The monoisotopic (exact) mass is 321 g/mol. The molecule has 0 N–H and O–H groups in total. The van der Waals surface area contributed by atoms with Gasteiger partial charge in [-0.05, 0) is 41.6 Å². The molecule has 0 atom stereocenters. The number of Topliss-reactive ketones (excluding diaryl/α,β-unsaturated/α-hetero) is 1. The van der Waals surface area contributed by atoms with E-state index in [4.69, 9.17) is 4.74 Å². The van der Waals surface area contributed by atoms with E-state index in [-0.39, 0.29) is 17.2 Å². The lowest BCUT2D eigenvalue weighted by molar-refractivity contribution is -0.386. The lowest BCUT2D eigenvalue weighted by Gasteiger charge is -2.05. The Morgan fingerprint density at radius 1 is 1.53 bits per heavy atom. The molecule has 0 spiro atoms. The molecular formula is C9H8INO4. The van der Waals surface area contributed by atoms with Crippen LogP contribution in [0.5, 0.6) is 5.75 Å². The molecule has 1 rings (SSSR count). The molecule has 0 amide bonds. The molecule has 1 aromatic rings. The van der Waals surface area contributed by atoms with Crippen molar-refractivity contribution < 1.29 is 14.5 Å². The number of ketones is 1. The Morgan fingerprint density at radius 3 is 2.53 bits per heavy atom. The number of benzene rings is 1. The summed E-state index contributed by atoms with van der Waals surface area (Å²) in [6, 6.07) is 2.85. The van der Waals surface area contributed by atoms with E-state index in [1.54, 1.807) is 0 Å². The fourth-order valence-corrected chi connectivity index (χ4v) is 1.91. The predicted molar refractivity (Wildman–Crippen MR) is 62.4 cm³/mol.